The second-order valence-corrected chi connectivity index (χ2v) is 5.83. The first kappa shape index (κ1) is 17.7. The van der Waals surface area contributed by atoms with E-state index in [-0.39, 0.29) is 17.5 Å². The molecule has 0 fully saturated rings. The lowest BCUT2D eigenvalue weighted by Crippen LogP contribution is -2.50. The summed E-state index contributed by atoms with van der Waals surface area (Å²) in [5.41, 5.74) is 0.203. The van der Waals surface area contributed by atoms with Crippen molar-refractivity contribution in [2.24, 2.45) is 0 Å². The number of Topliss-reactive ketones (excluding diaryl/α,β-unsaturated/α-hetero) is 1. The van der Waals surface area contributed by atoms with Crippen LogP contribution < -0.4 is 5.32 Å². The monoisotopic (exact) mass is 365 g/mol. The summed E-state index contributed by atoms with van der Waals surface area (Å²) in [7, 11) is 0. The van der Waals surface area contributed by atoms with Gasteiger partial charge < -0.3 is 5.32 Å². The lowest BCUT2D eigenvalue weighted by atomic mass is 9.94. The first-order chi connectivity index (χ1) is 9.55. The summed E-state index contributed by atoms with van der Waals surface area (Å²) in [5.74, 6) is -2.04. The number of hydrogen-bond donors (Lipinski definition) is 1. The van der Waals surface area contributed by atoms with Crippen molar-refractivity contribution in [3.8, 4) is 0 Å². The number of carbonyl (C=O) groups is 2. The number of nitrogens with one attached hydrogen (secondary N) is 1. The fourth-order valence-electron chi connectivity index (χ4n) is 1.82. The number of ketones is 1. The van der Waals surface area contributed by atoms with Gasteiger partial charge in [-0.2, -0.15) is 13.2 Å². The van der Waals surface area contributed by atoms with Gasteiger partial charge in [-0.3, -0.25) is 9.59 Å². The van der Waals surface area contributed by atoms with E-state index in [1.807, 2.05) is 5.32 Å². The molecule has 1 rings (SSSR count). The van der Waals surface area contributed by atoms with Gasteiger partial charge in [0.15, 0.2) is 5.78 Å². The van der Waals surface area contributed by atoms with E-state index >= 15 is 0 Å². The SMILES string of the molecule is CC(C)(Cc1ccc(C(=O)CBr)cc1)NC(=O)C(F)(F)F. The maximum absolute atomic E-state index is 12.2. The Morgan fingerprint density at radius 1 is 1.14 bits per heavy atom. The third kappa shape index (κ3) is 5.49. The Labute approximate surface area is 129 Å². The lowest BCUT2D eigenvalue weighted by molar-refractivity contribution is -0.175. The van der Waals surface area contributed by atoms with Gasteiger partial charge in [-0.25, -0.2) is 0 Å². The predicted octanol–water partition coefficient (Wildman–Crippen LogP) is 3.26. The molecule has 0 heterocycles. The zero-order valence-electron chi connectivity index (χ0n) is 11.6. The highest BCUT2D eigenvalue weighted by molar-refractivity contribution is 9.09. The zero-order chi connectivity index (χ0) is 16.3. The second kappa shape index (κ2) is 6.60. The van der Waals surface area contributed by atoms with E-state index < -0.39 is 17.6 Å². The third-order valence-electron chi connectivity index (χ3n) is 2.75. The Balaban J connectivity index is 2.75. The van der Waals surface area contributed by atoms with Gasteiger partial charge in [0.1, 0.15) is 0 Å². The molecular weight excluding hydrogens is 351 g/mol. The molecule has 21 heavy (non-hydrogen) atoms. The van der Waals surface area contributed by atoms with Crippen molar-refractivity contribution >= 4 is 27.6 Å². The van der Waals surface area contributed by atoms with Crippen molar-refractivity contribution < 1.29 is 22.8 Å². The lowest BCUT2D eigenvalue weighted by Gasteiger charge is -2.27. The number of halogens is 4. The standard InChI is InChI=1S/C14H15BrF3NO2/c1-13(2,19-12(21)14(16,17)18)7-9-3-5-10(6-4-9)11(20)8-15/h3-6H,7-8H2,1-2H3,(H,19,21). The first-order valence-electron chi connectivity index (χ1n) is 6.12. The Bertz CT molecular complexity index is 524. The first-order valence-corrected chi connectivity index (χ1v) is 7.25. The molecule has 7 heteroatoms. The van der Waals surface area contributed by atoms with Crippen LogP contribution in [0.25, 0.3) is 0 Å². The highest BCUT2D eigenvalue weighted by atomic mass is 79.9. The van der Waals surface area contributed by atoms with E-state index in [1.165, 1.54) is 13.8 Å². The molecular formula is C14H15BrF3NO2. The maximum atomic E-state index is 12.2. The zero-order valence-corrected chi connectivity index (χ0v) is 13.1. The quantitative estimate of drug-likeness (QED) is 0.642. The van der Waals surface area contributed by atoms with Gasteiger partial charge in [-0.1, -0.05) is 40.2 Å². The molecule has 0 atom stereocenters. The van der Waals surface area contributed by atoms with Gasteiger partial charge in [0.2, 0.25) is 0 Å². The smallest absolute Gasteiger partial charge is 0.343 e. The third-order valence-corrected chi connectivity index (χ3v) is 3.26. The summed E-state index contributed by atoms with van der Waals surface area (Å²) in [4.78, 5) is 22.4. The summed E-state index contributed by atoms with van der Waals surface area (Å²) < 4.78 is 36.7. The van der Waals surface area contributed by atoms with Crippen molar-refractivity contribution in [3.05, 3.63) is 35.4 Å². The maximum Gasteiger partial charge on any atom is 0.471 e. The van der Waals surface area contributed by atoms with Gasteiger partial charge in [-0.05, 0) is 25.8 Å². The summed E-state index contributed by atoms with van der Waals surface area (Å²) >= 11 is 3.06. The molecule has 0 aliphatic heterocycles. The van der Waals surface area contributed by atoms with Crippen LogP contribution in [0.4, 0.5) is 13.2 Å². The fourth-order valence-corrected chi connectivity index (χ4v) is 2.14. The number of carbonyl (C=O) groups excluding carboxylic acids is 2. The molecule has 1 N–H and O–H groups in total. The van der Waals surface area contributed by atoms with Crippen LogP contribution in [0.15, 0.2) is 24.3 Å². The van der Waals surface area contributed by atoms with Crippen molar-refractivity contribution in [1.29, 1.82) is 0 Å². The number of hydrogen-bond acceptors (Lipinski definition) is 2. The van der Waals surface area contributed by atoms with Gasteiger partial charge >= 0.3 is 12.1 Å². The van der Waals surface area contributed by atoms with Crippen molar-refractivity contribution in [3.63, 3.8) is 0 Å². The molecule has 116 valence electrons. The van der Waals surface area contributed by atoms with Crippen molar-refractivity contribution in [2.75, 3.05) is 5.33 Å². The van der Waals surface area contributed by atoms with Gasteiger partial charge in [0, 0.05) is 11.1 Å². The van der Waals surface area contributed by atoms with Crippen molar-refractivity contribution in [1.82, 2.24) is 5.32 Å². The van der Waals surface area contributed by atoms with Crippen LogP contribution in [0.3, 0.4) is 0 Å². The molecule has 0 unspecified atom stereocenters. The van der Waals surface area contributed by atoms with Crippen LogP contribution in [0.5, 0.6) is 0 Å². The van der Waals surface area contributed by atoms with E-state index in [1.54, 1.807) is 24.3 Å². The van der Waals surface area contributed by atoms with Crippen LogP contribution in [-0.2, 0) is 11.2 Å². The van der Waals surface area contributed by atoms with E-state index in [2.05, 4.69) is 15.9 Å². The fraction of sp³-hybridized carbons (Fsp3) is 0.429. The average molecular weight is 366 g/mol. The molecule has 1 aromatic rings. The molecule has 0 aromatic heterocycles. The Hall–Kier alpha value is -1.37. The van der Waals surface area contributed by atoms with Crippen LogP contribution in [0.2, 0.25) is 0 Å². The van der Waals surface area contributed by atoms with Gasteiger partial charge in [0.25, 0.3) is 0 Å². The highest BCUT2D eigenvalue weighted by Crippen LogP contribution is 2.19. The second-order valence-electron chi connectivity index (χ2n) is 5.27. The Morgan fingerprint density at radius 3 is 2.10 bits per heavy atom. The molecule has 0 aliphatic rings. The van der Waals surface area contributed by atoms with E-state index in [9.17, 15) is 22.8 Å². The average Bonchev–Trinajstić information content (AvgIpc) is 2.36. The number of alkyl halides is 4. The van der Waals surface area contributed by atoms with Crippen molar-refractivity contribution in [2.45, 2.75) is 32.0 Å². The minimum Gasteiger partial charge on any atom is -0.343 e. The molecule has 0 spiro atoms. The molecule has 0 saturated heterocycles. The van der Waals surface area contributed by atoms with E-state index in [0.717, 1.165) is 5.56 Å². The minimum atomic E-state index is -4.90. The van der Waals surface area contributed by atoms with Crippen LogP contribution in [0.1, 0.15) is 29.8 Å². The minimum absolute atomic E-state index is 0.0776. The number of benzene rings is 1. The normalized spacial score (nSPS) is 12.1. The Morgan fingerprint density at radius 2 is 1.67 bits per heavy atom. The van der Waals surface area contributed by atoms with Crippen LogP contribution in [-0.4, -0.2) is 28.7 Å². The van der Waals surface area contributed by atoms with Crippen LogP contribution >= 0.6 is 15.9 Å². The number of rotatable bonds is 5. The molecule has 3 nitrogen and oxygen atoms in total. The summed E-state index contributed by atoms with van der Waals surface area (Å²) in [6.07, 6.45) is -4.68. The molecule has 0 saturated carbocycles. The summed E-state index contributed by atoms with van der Waals surface area (Å²) in [5, 5.41) is 2.16. The molecule has 1 amide bonds. The highest BCUT2D eigenvalue weighted by Gasteiger charge is 2.41. The Kier molecular flexibility index (Phi) is 5.55. The molecule has 0 bridgehead atoms. The topological polar surface area (TPSA) is 46.2 Å². The predicted molar refractivity (Wildman–Crippen MR) is 76.5 cm³/mol. The summed E-state index contributed by atoms with van der Waals surface area (Å²) in [6.45, 7) is 3.02. The van der Waals surface area contributed by atoms with Gasteiger partial charge in [0.05, 0.1) is 5.33 Å². The van der Waals surface area contributed by atoms with Crippen LogP contribution in [0, 0.1) is 0 Å². The van der Waals surface area contributed by atoms with E-state index in [4.69, 9.17) is 0 Å². The summed E-state index contributed by atoms with van der Waals surface area (Å²) in [6, 6.07) is 6.55. The van der Waals surface area contributed by atoms with Gasteiger partial charge in [-0.15, -0.1) is 0 Å². The molecule has 1 aromatic carbocycles. The number of amides is 1. The van der Waals surface area contributed by atoms with E-state index in [0.29, 0.717) is 5.56 Å². The molecule has 0 radical (unpaired) electrons. The largest absolute Gasteiger partial charge is 0.471 e. The molecule has 0 aliphatic carbocycles.